The lowest BCUT2D eigenvalue weighted by Crippen LogP contribution is -2.48. The zero-order chi connectivity index (χ0) is 14.8. The maximum Gasteiger partial charge on any atom is 0.326 e. The van der Waals surface area contributed by atoms with E-state index in [1.165, 1.54) is 7.11 Å². The van der Waals surface area contributed by atoms with Gasteiger partial charge in [-0.05, 0) is 19.8 Å². The van der Waals surface area contributed by atoms with Gasteiger partial charge in [0.15, 0.2) is 0 Å². The predicted octanol–water partition coefficient (Wildman–Crippen LogP) is 0.657. The predicted molar refractivity (Wildman–Crippen MR) is 68.6 cm³/mol. The monoisotopic (exact) mass is 272 g/mol. The van der Waals surface area contributed by atoms with Crippen LogP contribution in [0.25, 0.3) is 0 Å². The highest BCUT2D eigenvalue weighted by molar-refractivity contribution is 5.83. The Morgan fingerprint density at radius 1 is 1.37 bits per heavy atom. The highest BCUT2D eigenvalue weighted by Gasteiger charge is 2.21. The lowest BCUT2D eigenvalue weighted by atomic mass is 10.1. The summed E-state index contributed by atoms with van der Waals surface area (Å²) in [6.45, 7) is 5.31. The Bertz CT molecular complexity index is 343. The number of carboxylic acids is 1. The molecule has 0 aromatic carbocycles. The minimum absolute atomic E-state index is 0.0226. The summed E-state index contributed by atoms with van der Waals surface area (Å²) < 4.78 is 4.41. The molecule has 108 valence electrons. The number of rotatable bonds is 8. The molecule has 1 unspecified atom stereocenters. The molecule has 0 aliphatic rings. The molecule has 0 aromatic heterocycles. The average Bonchev–Trinajstić information content (AvgIpc) is 2.33. The number of carbonyl (C=O) groups is 3. The maximum atomic E-state index is 11.5. The lowest BCUT2D eigenvalue weighted by molar-refractivity contribution is -0.142. The number of methoxy groups -OCH3 is 1. The number of hydrogen-bond donors (Lipinski definition) is 3. The summed E-state index contributed by atoms with van der Waals surface area (Å²) in [5, 5.41) is 13.8. The van der Waals surface area contributed by atoms with Crippen LogP contribution in [-0.4, -0.2) is 42.3 Å². The zero-order valence-electron chi connectivity index (χ0n) is 11.1. The van der Waals surface area contributed by atoms with Gasteiger partial charge < -0.3 is 20.5 Å². The van der Waals surface area contributed by atoms with Crippen molar-refractivity contribution < 1.29 is 24.2 Å². The number of carboxylic acid groups (broad SMARTS) is 1. The quantitative estimate of drug-likeness (QED) is 0.444. The van der Waals surface area contributed by atoms with E-state index in [1.807, 2.05) is 0 Å². The van der Waals surface area contributed by atoms with Crippen molar-refractivity contribution >= 4 is 18.0 Å². The van der Waals surface area contributed by atoms with E-state index >= 15 is 0 Å². The van der Waals surface area contributed by atoms with Crippen LogP contribution in [0.2, 0.25) is 0 Å². The van der Waals surface area contributed by atoms with Gasteiger partial charge in [0.25, 0.3) is 0 Å². The van der Waals surface area contributed by atoms with Gasteiger partial charge in [-0.3, -0.25) is 4.79 Å². The van der Waals surface area contributed by atoms with Gasteiger partial charge in [-0.1, -0.05) is 6.08 Å². The fourth-order valence-electron chi connectivity index (χ4n) is 1.35. The van der Waals surface area contributed by atoms with Gasteiger partial charge in [-0.15, -0.1) is 6.58 Å². The highest BCUT2D eigenvalue weighted by Crippen LogP contribution is 2.00. The third-order valence-corrected chi connectivity index (χ3v) is 2.37. The molecule has 0 rings (SSSR count). The first-order valence-corrected chi connectivity index (χ1v) is 5.88. The van der Waals surface area contributed by atoms with Crippen molar-refractivity contribution in [2.75, 3.05) is 7.11 Å². The molecule has 7 heteroatoms. The van der Waals surface area contributed by atoms with Gasteiger partial charge in [0.1, 0.15) is 6.04 Å². The van der Waals surface area contributed by atoms with E-state index in [-0.39, 0.29) is 18.9 Å². The van der Waals surface area contributed by atoms with E-state index in [1.54, 1.807) is 13.0 Å². The molecule has 0 radical (unpaired) electrons. The van der Waals surface area contributed by atoms with Crippen molar-refractivity contribution in [1.82, 2.24) is 10.6 Å². The normalized spacial score (nSPS) is 12.9. The molecule has 2 atom stereocenters. The highest BCUT2D eigenvalue weighted by atomic mass is 16.5. The molecule has 0 aliphatic carbocycles. The Kier molecular flexibility index (Phi) is 7.99. The number of hydrogen-bond acceptors (Lipinski definition) is 4. The van der Waals surface area contributed by atoms with Gasteiger partial charge in [-0.25, -0.2) is 9.59 Å². The van der Waals surface area contributed by atoms with Crippen LogP contribution < -0.4 is 10.6 Å². The van der Waals surface area contributed by atoms with Gasteiger partial charge in [0, 0.05) is 12.5 Å². The first-order valence-electron chi connectivity index (χ1n) is 5.88. The second-order valence-corrected chi connectivity index (χ2v) is 4.05. The number of aliphatic carboxylic acids is 1. The van der Waals surface area contributed by atoms with Gasteiger partial charge in [-0.2, -0.15) is 0 Å². The molecular formula is C12H20N2O5. The van der Waals surface area contributed by atoms with Crippen LogP contribution >= 0.6 is 0 Å². The Morgan fingerprint density at radius 2 is 2.00 bits per heavy atom. The van der Waals surface area contributed by atoms with Crippen molar-refractivity contribution in [2.24, 2.45) is 0 Å². The fourth-order valence-corrected chi connectivity index (χ4v) is 1.35. The number of carbonyl (C=O) groups excluding carboxylic acids is 2. The summed E-state index contributed by atoms with van der Waals surface area (Å²) in [6, 6.07) is -1.87. The van der Waals surface area contributed by atoms with Crippen molar-refractivity contribution in [3.8, 4) is 0 Å². The Morgan fingerprint density at radius 3 is 2.47 bits per heavy atom. The van der Waals surface area contributed by atoms with Gasteiger partial charge >= 0.3 is 18.0 Å². The molecule has 0 aliphatic heterocycles. The number of urea groups is 1. The van der Waals surface area contributed by atoms with E-state index < -0.39 is 24.0 Å². The van der Waals surface area contributed by atoms with Crippen molar-refractivity contribution in [3.05, 3.63) is 12.7 Å². The molecule has 0 heterocycles. The third-order valence-electron chi connectivity index (χ3n) is 2.37. The molecule has 19 heavy (non-hydrogen) atoms. The summed E-state index contributed by atoms with van der Waals surface area (Å²) >= 11 is 0. The van der Waals surface area contributed by atoms with Crippen molar-refractivity contribution in [3.63, 3.8) is 0 Å². The molecule has 0 saturated carbocycles. The fraction of sp³-hybridized carbons (Fsp3) is 0.583. The Labute approximate surface area is 112 Å². The molecule has 3 N–H and O–H groups in total. The van der Waals surface area contributed by atoms with Gasteiger partial charge in [0.05, 0.1) is 7.11 Å². The summed E-state index contributed by atoms with van der Waals surface area (Å²) in [5.74, 6) is -1.72. The van der Waals surface area contributed by atoms with E-state index in [2.05, 4.69) is 21.9 Å². The number of esters is 1. The Hall–Kier alpha value is -2.05. The smallest absolute Gasteiger partial charge is 0.326 e. The van der Waals surface area contributed by atoms with Crippen LogP contribution in [0.3, 0.4) is 0 Å². The van der Waals surface area contributed by atoms with E-state index in [9.17, 15) is 14.4 Å². The maximum absolute atomic E-state index is 11.5. The summed E-state index contributed by atoms with van der Waals surface area (Å²) in [7, 11) is 1.22. The molecule has 7 nitrogen and oxygen atoms in total. The first-order chi connectivity index (χ1) is 8.90. The van der Waals surface area contributed by atoms with Crippen LogP contribution in [0, 0.1) is 0 Å². The standard InChI is InChI=1S/C12H20N2O5/c1-4-5-8(2)13-12(18)14-9(11(16)17)6-7-10(15)19-3/h4,8-9H,1,5-7H2,2-3H3,(H,16,17)(H2,13,14,18)/t8?,9-/m1/s1. The summed E-state index contributed by atoms with van der Waals surface area (Å²) in [6.07, 6.45) is 2.13. The number of nitrogens with one attached hydrogen (secondary N) is 2. The molecule has 0 spiro atoms. The van der Waals surface area contributed by atoms with E-state index in [0.29, 0.717) is 6.42 Å². The topological polar surface area (TPSA) is 105 Å². The molecule has 0 bridgehead atoms. The molecular weight excluding hydrogens is 252 g/mol. The van der Waals surface area contributed by atoms with Crippen LogP contribution in [0.1, 0.15) is 26.2 Å². The minimum Gasteiger partial charge on any atom is -0.480 e. The van der Waals surface area contributed by atoms with Crippen molar-refractivity contribution in [1.29, 1.82) is 0 Å². The summed E-state index contributed by atoms with van der Waals surface area (Å²) in [4.78, 5) is 33.4. The molecule has 0 saturated heterocycles. The average molecular weight is 272 g/mol. The largest absolute Gasteiger partial charge is 0.480 e. The van der Waals surface area contributed by atoms with E-state index in [0.717, 1.165) is 0 Å². The second kappa shape index (κ2) is 8.96. The van der Waals surface area contributed by atoms with Crippen molar-refractivity contribution in [2.45, 2.75) is 38.3 Å². The van der Waals surface area contributed by atoms with Crippen LogP contribution in [0.15, 0.2) is 12.7 Å². The zero-order valence-corrected chi connectivity index (χ0v) is 11.1. The number of ether oxygens (including phenoxy) is 1. The Balaban J connectivity index is 4.26. The third kappa shape index (κ3) is 7.80. The van der Waals surface area contributed by atoms with E-state index in [4.69, 9.17) is 5.11 Å². The van der Waals surface area contributed by atoms with Gasteiger partial charge in [0.2, 0.25) is 0 Å². The first kappa shape index (κ1) is 16.9. The SMILES string of the molecule is C=CCC(C)NC(=O)N[C@H](CCC(=O)OC)C(=O)O. The molecule has 0 aromatic rings. The second-order valence-electron chi connectivity index (χ2n) is 4.05. The minimum atomic E-state index is -1.20. The molecule has 2 amide bonds. The summed E-state index contributed by atoms with van der Waals surface area (Å²) in [5.41, 5.74) is 0. The number of amides is 2. The van der Waals surface area contributed by atoms with Crippen LogP contribution in [0.5, 0.6) is 0 Å². The molecule has 0 fully saturated rings. The lowest BCUT2D eigenvalue weighted by Gasteiger charge is -2.17. The van der Waals surface area contributed by atoms with Crippen LogP contribution in [-0.2, 0) is 14.3 Å². The van der Waals surface area contributed by atoms with Crippen LogP contribution in [0.4, 0.5) is 4.79 Å².